The Morgan fingerprint density at radius 1 is 1.20 bits per heavy atom. The molecule has 0 aromatic heterocycles. The second-order valence-corrected chi connectivity index (χ2v) is 3.90. The minimum Gasteiger partial charge on any atom is -0.433 e. The molecule has 114 valence electrons. The minimum absolute atomic E-state index is 0.103. The SMILES string of the molecule is C/C(=C\OC(=O)C(N)CCCCN)C(=O)OOC(N)=O. The maximum atomic E-state index is 11.4. The number of unbranched alkanes of at least 4 members (excludes halogenated alkanes) is 1. The maximum Gasteiger partial charge on any atom is 0.447 e. The van der Waals surface area contributed by atoms with Crippen molar-refractivity contribution in [2.45, 2.75) is 32.2 Å². The Kier molecular flexibility index (Phi) is 8.72. The van der Waals surface area contributed by atoms with E-state index in [0.717, 1.165) is 12.7 Å². The molecule has 0 saturated heterocycles. The minimum atomic E-state index is -1.27. The molecule has 0 fully saturated rings. The Morgan fingerprint density at radius 2 is 1.85 bits per heavy atom. The van der Waals surface area contributed by atoms with Crippen LogP contribution in [-0.4, -0.2) is 30.6 Å². The van der Waals surface area contributed by atoms with E-state index in [2.05, 4.69) is 15.5 Å². The number of rotatable bonds is 7. The number of esters is 1. The lowest BCUT2D eigenvalue weighted by atomic mass is 10.1. The predicted octanol–water partition coefficient (Wildman–Crippen LogP) is -0.557. The fourth-order valence-corrected chi connectivity index (χ4v) is 1.05. The zero-order valence-corrected chi connectivity index (χ0v) is 11.2. The van der Waals surface area contributed by atoms with E-state index >= 15 is 0 Å². The summed E-state index contributed by atoms with van der Waals surface area (Å²) in [7, 11) is 0. The molecule has 0 aliphatic carbocycles. The van der Waals surface area contributed by atoms with Gasteiger partial charge >= 0.3 is 18.0 Å². The van der Waals surface area contributed by atoms with Crippen molar-refractivity contribution in [2.24, 2.45) is 17.2 Å². The third-order valence-corrected chi connectivity index (χ3v) is 2.15. The van der Waals surface area contributed by atoms with E-state index in [9.17, 15) is 14.4 Å². The van der Waals surface area contributed by atoms with Crippen LogP contribution >= 0.6 is 0 Å². The van der Waals surface area contributed by atoms with Gasteiger partial charge in [-0.2, -0.15) is 0 Å². The average molecular weight is 289 g/mol. The topological polar surface area (TPSA) is 157 Å². The van der Waals surface area contributed by atoms with Gasteiger partial charge < -0.3 is 21.9 Å². The van der Waals surface area contributed by atoms with Gasteiger partial charge in [0.1, 0.15) is 12.3 Å². The molecule has 0 aliphatic heterocycles. The van der Waals surface area contributed by atoms with E-state index < -0.39 is 24.1 Å². The molecule has 0 bridgehead atoms. The van der Waals surface area contributed by atoms with Crippen LogP contribution in [0.5, 0.6) is 0 Å². The molecular formula is C11H19N3O6. The highest BCUT2D eigenvalue weighted by atomic mass is 17.2. The average Bonchev–Trinajstić information content (AvgIpc) is 2.41. The smallest absolute Gasteiger partial charge is 0.433 e. The molecular weight excluding hydrogens is 270 g/mol. The molecule has 0 aromatic carbocycles. The maximum absolute atomic E-state index is 11.4. The lowest BCUT2D eigenvalue weighted by Gasteiger charge is -2.08. The van der Waals surface area contributed by atoms with Crippen LogP contribution in [0.25, 0.3) is 0 Å². The first-order valence-corrected chi connectivity index (χ1v) is 5.89. The zero-order valence-electron chi connectivity index (χ0n) is 11.2. The number of carbonyl (C=O) groups excluding carboxylic acids is 3. The molecule has 0 heterocycles. The van der Waals surface area contributed by atoms with Crippen molar-refractivity contribution in [3.05, 3.63) is 11.8 Å². The molecule has 0 saturated carbocycles. The van der Waals surface area contributed by atoms with Crippen LogP contribution in [0, 0.1) is 0 Å². The first-order chi connectivity index (χ1) is 9.38. The van der Waals surface area contributed by atoms with Gasteiger partial charge in [-0.25, -0.2) is 24.2 Å². The fraction of sp³-hybridized carbons (Fsp3) is 0.545. The number of amides is 1. The molecule has 1 atom stereocenters. The monoisotopic (exact) mass is 289 g/mol. The number of ether oxygens (including phenoxy) is 1. The zero-order chi connectivity index (χ0) is 15.5. The lowest BCUT2D eigenvalue weighted by molar-refractivity contribution is -0.226. The summed E-state index contributed by atoms with van der Waals surface area (Å²) >= 11 is 0. The highest BCUT2D eigenvalue weighted by Crippen LogP contribution is 2.03. The number of hydrogen-bond donors (Lipinski definition) is 3. The van der Waals surface area contributed by atoms with Gasteiger partial charge in [0.05, 0.1) is 5.57 Å². The third kappa shape index (κ3) is 8.06. The molecule has 0 spiro atoms. The van der Waals surface area contributed by atoms with E-state index in [4.69, 9.17) is 16.2 Å². The predicted molar refractivity (Wildman–Crippen MR) is 67.5 cm³/mol. The Bertz CT molecular complexity index is 382. The summed E-state index contributed by atoms with van der Waals surface area (Å²) < 4.78 is 4.69. The van der Waals surface area contributed by atoms with Crippen LogP contribution in [0.1, 0.15) is 26.2 Å². The second-order valence-electron chi connectivity index (χ2n) is 3.90. The van der Waals surface area contributed by atoms with Gasteiger partial charge in [0, 0.05) is 0 Å². The van der Waals surface area contributed by atoms with Crippen molar-refractivity contribution in [1.29, 1.82) is 0 Å². The van der Waals surface area contributed by atoms with Crippen molar-refractivity contribution < 1.29 is 28.9 Å². The quantitative estimate of drug-likeness (QED) is 0.140. The molecule has 1 unspecified atom stereocenters. The molecule has 1 amide bonds. The van der Waals surface area contributed by atoms with Crippen LogP contribution in [0.15, 0.2) is 11.8 Å². The van der Waals surface area contributed by atoms with E-state index in [1.54, 1.807) is 0 Å². The molecule has 0 rings (SSSR count). The first kappa shape index (κ1) is 17.9. The Balaban J connectivity index is 4.15. The van der Waals surface area contributed by atoms with Crippen molar-refractivity contribution in [1.82, 2.24) is 0 Å². The van der Waals surface area contributed by atoms with Gasteiger partial charge in [-0.05, 0) is 26.3 Å². The van der Waals surface area contributed by atoms with Gasteiger partial charge in [0.15, 0.2) is 0 Å². The lowest BCUT2D eigenvalue weighted by Crippen LogP contribution is -2.31. The van der Waals surface area contributed by atoms with Gasteiger partial charge in [-0.15, -0.1) is 0 Å². The molecule has 0 aliphatic rings. The van der Waals surface area contributed by atoms with Crippen LogP contribution in [0.2, 0.25) is 0 Å². The van der Waals surface area contributed by atoms with Crippen LogP contribution in [-0.2, 0) is 24.1 Å². The summed E-state index contributed by atoms with van der Waals surface area (Å²) in [4.78, 5) is 40.7. The van der Waals surface area contributed by atoms with Crippen LogP contribution in [0.4, 0.5) is 4.79 Å². The molecule has 6 N–H and O–H groups in total. The van der Waals surface area contributed by atoms with E-state index in [1.807, 2.05) is 0 Å². The molecule has 9 nitrogen and oxygen atoms in total. The van der Waals surface area contributed by atoms with E-state index in [1.165, 1.54) is 6.92 Å². The summed E-state index contributed by atoms with van der Waals surface area (Å²) in [5.74, 6) is -1.71. The second kappa shape index (κ2) is 9.75. The summed E-state index contributed by atoms with van der Waals surface area (Å²) in [6.45, 7) is 1.81. The van der Waals surface area contributed by atoms with Crippen molar-refractivity contribution in [2.75, 3.05) is 6.54 Å². The largest absolute Gasteiger partial charge is 0.447 e. The number of primary amides is 1. The van der Waals surface area contributed by atoms with Gasteiger partial charge in [-0.1, -0.05) is 6.42 Å². The van der Waals surface area contributed by atoms with Gasteiger partial charge in [0.2, 0.25) is 0 Å². The normalized spacial score (nSPS) is 12.4. The summed E-state index contributed by atoms with van der Waals surface area (Å²) in [6.07, 6.45) is 1.47. The van der Waals surface area contributed by atoms with E-state index in [0.29, 0.717) is 19.4 Å². The fourth-order valence-electron chi connectivity index (χ4n) is 1.05. The molecule has 9 heteroatoms. The number of carbonyl (C=O) groups is 3. The highest BCUT2D eigenvalue weighted by Gasteiger charge is 2.15. The van der Waals surface area contributed by atoms with Crippen molar-refractivity contribution >= 4 is 18.0 Å². The van der Waals surface area contributed by atoms with Crippen molar-refractivity contribution in [3.63, 3.8) is 0 Å². The summed E-state index contributed by atoms with van der Waals surface area (Å²) in [6, 6.07) is -0.802. The molecule has 0 aromatic rings. The molecule has 0 radical (unpaired) electrons. The first-order valence-electron chi connectivity index (χ1n) is 5.89. The van der Waals surface area contributed by atoms with Gasteiger partial charge in [-0.3, -0.25) is 0 Å². The third-order valence-electron chi connectivity index (χ3n) is 2.15. The highest BCUT2D eigenvalue weighted by molar-refractivity contribution is 5.88. The van der Waals surface area contributed by atoms with Crippen LogP contribution < -0.4 is 17.2 Å². The van der Waals surface area contributed by atoms with E-state index in [-0.39, 0.29) is 5.57 Å². The summed E-state index contributed by atoms with van der Waals surface area (Å²) in [5.41, 5.74) is 15.4. The Hall–Kier alpha value is -2.13. The Labute approximate surface area is 115 Å². The van der Waals surface area contributed by atoms with Crippen molar-refractivity contribution in [3.8, 4) is 0 Å². The summed E-state index contributed by atoms with van der Waals surface area (Å²) in [5, 5.41) is 0. The number of nitrogens with two attached hydrogens (primary N) is 3. The number of hydrogen-bond acceptors (Lipinski definition) is 8. The Morgan fingerprint density at radius 3 is 2.40 bits per heavy atom. The molecule has 20 heavy (non-hydrogen) atoms. The standard InChI is InChI=1S/C11H19N3O6/c1-7(9(15)19-20-11(14)17)6-18-10(16)8(13)4-2-3-5-12/h6,8H,2-5,12-13H2,1H3,(H2,14,17)/b7-6+. The van der Waals surface area contributed by atoms with Crippen LogP contribution in [0.3, 0.4) is 0 Å². The van der Waals surface area contributed by atoms with Gasteiger partial charge in [0.25, 0.3) is 0 Å².